The molecule has 1 aliphatic carbocycles. The summed E-state index contributed by atoms with van der Waals surface area (Å²) in [6, 6.07) is 6.41. The molecule has 1 aliphatic rings. The summed E-state index contributed by atoms with van der Waals surface area (Å²) in [5, 5.41) is 2.79. The van der Waals surface area contributed by atoms with Crippen molar-refractivity contribution in [1.82, 2.24) is 0 Å². The molecule has 0 aromatic heterocycles. The van der Waals surface area contributed by atoms with Gasteiger partial charge in [-0.1, -0.05) is 38.2 Å². The Morgan fingerprint density at radius 1 is 1.23 bits per heavy atom. The average molecular weight is 323 g/mol. The fraction of sp³-hybridized carbons (Fsp3) is 0.588. The zero-order valence-corrected chi connectivity index (χ0v) is 14.0. The first kappa shape index (κ1) is 17.0. The summed E-state index contributed by atoms with van der Waals surface area (Å²) in [6.07, 6.45) is 10.3. The monoisotopic (exact) mass is 323 g/mol. The summed E-state index contributed by atoms with van der Waals surface area (Å²) in [6.45, 7) is 0. The normalized spacial score (nSPS) is 16.4. The Hall–Kier alpha value is -1.36. The molecule has 1 amide bonds. The average Bonchev–Trinajstić information content (AvgIpc) is 2.48. The van der Waals surface area contributed by atoms with Crippen molar-refractivity contribution in [2.45, 2.75) is 56.3 Å². The van der Waals surface area contributed by atoms with Crippen molar-refractivity contribution >= 4 is 21.4 Å². The summed E-state index contributed by atoms with van der Waals surface area (Å²) < 4.78 is 23.0. The first-order chi connectivity index (χ1) is 10.4. The van der Waals surface area contributed by atoms with Crippen LogP contribution in [0.5, 0.6) is 0 Å². The number of anilines is 1. The number of rotatable bonds is 6. The van der Waals surface area contributed by atoms with Gasteiger partial charge in [0.25, 0.3) is 0 Å². The highest BCUT2D eigenvalue weighted by molar-refractivity contribution is 7.90. The van der Waals surface area contributed by atoms with E-state index in [9.17, 15) is 13.2 Å². The van der Waals surface area contributed by atoms with E-state index >= 15 is 0 Å². The molecule has 0 saturated heterocycles. The maximum absolute atomic E-state index is 12.0. The first-order valence-corrected chi connectivity index (χ1v) is 9.94. The third-order valence-electron chi connectivity index (χ3n) is 4.29. The van der Waals surface area contributed by atoms with Gasteiger partial charge in [-0.25, -0.2) is 8.42 Å². The molecule has 122 valence electrons. The van der Waals surface area contributed by atoms with E-state index in [2.05, 4.69) is 5.32 Å². The predicted molar refractivity (Wildman–Crippen MR) is 88.6 cm³/mol. The van der Waals surface area contributed by atoms with Gasteiger partial charge in [0.05, 0.1) is 4.90 Å². The van der Waals surface area contributed by atoms with Crippen LogP contribution in [0.25, 0.3) is 0 Å². The van der Waals surface area contributed by atoms with Crippen molar-refractivity contribution in [3.8, 4) is 0 Å². The minimum absolute atomic E-state index is 0.0403. The van der Waals surface area contributed by atoms with Crippen molar-refractivity contribution in [2.75, 3.05) is 11.6 Å². The van der Waals surface area contributed by atoms with E-state index in [1.807, 2.05) is 0 Å². The highest BCUT2D eigenvalue weighted by Crippen LogP contribution is 2.27. The molecule has 0 atom stereocenters. The largest absolute Gasteiger partial charge is 0.326 e. The molecule has 4 nitrogen and oxygen atoms in total. The third-order valence-corrected chi connectivity index (χ3v) is 5.40. The van der Waals surface area contributed by atoms with Gasteiger partial charge in [-0.15, -0.1) is 0 Å². The summed E-state index contributed by atoms with van der Waals surface area (Å²) in [5.74, 6) is 0.747. The second-order valence-electron chi connectivity index (χ2n) is 6.24. The van der Waals surface area contributed by atoms with Crippen LogP contribution in [0.15, 0.2) is 29.2 Å². The Morgan fingerprint density at radius 2 is 1.95 bits per heavy atom. The van der Waals surface area contributed by atoms with Crippen molar-refractivity contribution in [2.24, 2.45) is 5.92 Å². The smallest absolute Gasteiger partial charge is 0.224 e. The highest BCUT2D eigenvalue weighted by Gasteiger charge is 2.14. The van der Waals surface area contributed by atoms with Crippen LogP contribution in [-0.2, 0) is 14.6 Å². The molecular formula is C17H25NO3S. The summed E-state index contributed by atoms with van der Waals surface area (Å²) in [7, 11) is -3.24. The predicted octanol–water partition coefficient (Wildman–Crippen LogP) is 3.78. The van der Waals surface area contributed by atoms with Crippen LogP contribution >= 0.6 is 0 Å². The standard InChI is InChI=1S/C17H25NO3S/c1-22(20,21)16-11-6-10-15(13-16)18-17(19)12-5-9-14-7-3-2-4-8-14/h6,10-11,13-14H,2-5,7-9,12H2,1H3,(H,18,19). The van der Waals surface area contributed by atoms with Crippen LogP contribution in [0.3, 0.4) is 0 Å². The summed E-state index contributed by atoms with van der Waals surface area (Å²) >= 11 is 0. The Balaban J connectivity index is 1.79. The third kappa shape index (κ3) is 5.44. The summed E-state index contributed by atoms with van der Waals surface area (Å²) in [5.41, 5.74) is 0.547. The van der Waals surface area contributed by atoms with Gasteiger partial charge in [0, 0.05) is 18.4 Å². The number of hydrogen-bond acceptors (Lipinski definition) is 3. The summed E-state index contributed by atoms with van der Waals surface area (Å²) in [4.78, 5) is 12.2. The maximum Gasteiger partial charge on any atom is 0.224 e. The number of sulfone groups is 1. The van der Waals surface area contributed by atoms with Crippen LogP contribution < -0.4 is 5.32 Å². The number of carbonyl (C=O) groups is 1. The quantitative estimate of drug-likeness (QED) is 0.866. The Morgan fingerprint density at radius 3 is 2.64 bits per heavy atom. The molecule has 5 heteroatoms. The van der Waals surface area contributed by atoms with Gasteiger partial charge >= 0.3 is 0 Å². The topological polar surface area (TPSA) is 63.2 Å². The zero-order valence-electron chi connectivity index (χ0n) is 13.2. The van der Waals surface area contributed by atoms with E-state index in [-0.39, 0.29) is 10.8 Å². The lowest BCUT2D eigenvalue weighted by atomic mass is 9.86. The molecule has 0 spiro atoms. The zero-order chi connectivity index (χ0) is 16.0. The highest BCUT2D eigenvalue weighted by atomic mass is 32.2. The fourth-order valence-electron chi connectivity index (χ4n) is 3.06. The molecule has 1 aromatic carbocycles. The van der Waals surface area contributed by atoms with Crippen molar-refractivity contribution in [1.29, 1.82) is 0 Å². The maximum atomic E-state index is 12.0. The SMILES string of the molecule is CS(=O)(=O)c1cccc(NC(=O)CCCC2CCCCC2)c1. The number of carbonyl (C=O) groups excluding carboxylic acids is 1. The lowest BCUT2D eigenvalue weighted by molar-refractivity contribution is -0.116. The van der Waals surface area contributed by atoms with E-state index in [4.69, 9.17) is 0 Å². The van der Waals surface area contributed by atoms with Gasteiger partial charge < -0.3 is 5.32 Å². The molecule has 1 saturated carbocycles. The van der Waals surface area contributed by atoms with Crippen molar-refractivity contribution in [3.05, 3.63) is 24.3 Å². The van der Waals surface area contributed by atoms with E-state index in [0.29, 0.717) is 12.1 Å². The van der Waals surface area contributed by atoms with E-state index < -0.39 is 9.84 Å². The van der Waals surface area contributed by atoms with Crippen LogP contribution in [0, 0.1) is 5.92 Å². The number of benzene rings is 1. The Bertz CT molecular complexity index is 604. The molecular weight excluding hydrogens is 298 g/mol. The second-order valence-corrected chi connectivity index (χ2v) is 8.26. The van der Waals surface area contributed by atoms with Crippen LogP contribution in [-0.4, -0.2) is 20.6 Å². The molecule has 1 N–H and O–H groups in total. The molecule has 1 aromatic rings. The molecule has 0 aliphatic heterocycles. The minimum atomic E-state index is -3.24. The molecule has 0 bridgehead atoms. The molecule has 1 fully saturated rings. The molecule has 0 radical (unpaired) electrons. The van der Waals surface area contributed by atoms with Crippen LogP contribution in [0.2, 0.25) is 0 Å². The van der Waals surface area contributed by atoms with Crippen LogP contribution in [0.1, 0.15) is 51.4 Å². The van der Waals surface area contributed by atoms with E-state index in [1.54, 1.807) is 12.1 Å². The molecule has 0 unspecified atom stereocenters. The van der Waals surface area contributed by atoms with Gasteiger partial charge in [-0.3, -0.25) is 4.79 Å². The van der Waals surface area contributed by atoms with Crippen molar-refractivity contribution in [3.63, 3.8) is 0 Å². The first-order valence-electron chi connectivity index (χ1n) is 8.05. The molecule has 2 rings (SSSR count). The minimum Gasteiger partial charge on any atom is -0.326 e. The Labute approximate surface area is 133 Å². The van der Waals surface area contributed by atoms with Gasteiger partial charge in [0.1, 0.15) is 0 Å². The van der Waals surface area contributed by atoms with Crippen molar-refractivity contribution < 1.29 is 13.2 Å². The van der Waals surface area contributed by atoms with Gasteiger partial charge in [0.15, 0.2) is 9.84 Å². The van der Waals surface area contributed by atoms with E-state index in [0.717, 1.165) is 25.0 Å². The number of nitrogens with one attached hydrogen (secondary N) is 1. The fourth-order valence-corrected chi connectivity index (χ4v) is 3.72. The number of amides is 1. The number of hydrogen-bond donors (Lipinski definition) is 1. The van der Waals surface area contributed by atoms with E-state index in [1.165, 1.54) is 44.2 Å². The Kier molecular flexibility index (Phi) is 6.00. The lowest BCUT2D eigenvalue weighted by Crippen LogP contribution is -2.13. The van der Waals surface area contributed by atoms with Gasteiger partial charge in [0.2, 0.25) is 5.91 Å². The lowest BCUT2D eigenvalue weighted by Gasteiger charge is -2.21. The van der Waals surface area contributed by atoms with Crippen LogP contribution in [0.4, 0.5) is 5.69 Å². The van der Waals surface area contributed by atoms with Gasteiger partial charge in [-0.2, -0.15) is 0 Å². The van der Waals surface area contributed by atoms with Gasteiger partial charge in [-0.05, 0) is 37.0 Å². The second kappa shape index (κ2) is 7.77. The molecule has 0 heterocycles. The molecule has 22 heavy (non-hydrogen) atoms.